The van der Waals surface area contributed by atoms with E-state index in [1.807, 2.05) is 23.1 Å². The van der Waals surface area contributed by atoms with Crippen LogP contribution >= 0.6 is 11.6 Å². The molecule has 0 spiro atoms. The minimum absolute atomic E-state index is 0.00762. The summed E-state index contributed by atoms with van der Waals surface area (Å²) in [6.45, 7) is 1.11. The second-order valence-electron chi connectivity index (χ2n) is 7.56. The zero-order valence-electron chi connectivity index (χ0n) is 17.6. The lowest BCUT2D eigenvalue weighted by atomic mass is 10.00. The fourth-order valence-corrected chi connectivity index (χ4v) is 3.95. The van der Waals surface area contributed by atoms with Gasteiger partial charge in [-0.1, -0.05) is 35.9 Å². The maximum atomic E-state index is 13.3. The van der Waals surface area contributed by atoms with E-state index in [2.05, 4.69) is 15.5 Å². The Labute approximate surface area is 191 Å². The molecule has 1 fully saturated rings. The van der Waals surface area contributed by atoms with Gasteiger partial charge in [0.05, 0.1) is 12.8 Å². The first-order chi connectivity index (χ1) is 15.5. The Morgan fingerprint density at radius 1 is 1.03 bits per heavy atom. The van der Waals surface area contributed by atoms with Gasteiger partial charge < -0.3 is 15.0 Å². The fraction of sp³-hybridized carbons (Fsp3) is 0.250. The van der Waals surface area contributed by atoms with Gasteiger partial charge in [0.15, 0.2) is 0 Å². The number of piperidine rings is 1. The number of methoxy groups -OCH3 is 1. The Kier molecular flexibility index (Phi) is 6.66. The number of hydrogen-bond acceptors (Lipinski definition) is 5. The van der Waals surface area contributed by atoms with Crippen molar-refractivity contribution in [2.24, 2.45) is 0 Å². The second-order valence-corrected chi connectivity index (χ2v) is 7.99. The summed E-state index contributed by atoms with van der Waals surface area (Å²) >= 11 is 5.98. The van der Waals surface area contributed by atoms with E-state index in [9.17, 15) is 9.59 Å². The van der Waals surface area contributed by atoms with Gasteiger partial charge in [-0.3, -0.25) is 9.59 Å². The molecule has 7 nitrogen and oxygen atoms in total. The van der Waals surface area contributed by atoms with E-state index in [1.165, 1.54) is 7.11 Å². The number of hydrogen-bond donors (Lipinski definition) is 1. The van der Waals surface area contributed by atoms with Gasteiger partial charge in [0, 0.05) is 46.9 Å². The van der Waals surface area contributed by atoms with E-state index in [0.29, 0.717) is 53.7 Å². The standard InChI is InChI=1S/C24H23ClN4O3/c1-32-22-10-9-21(27-28-22)19-7-2-3-8-20(19)24(31)29-13-11-18(12-14-29)26-23(30)16-5-4-6-17(25)15-16/h2-10,15,18H,11-14H2,1H3,(H,26,30). The molecular weight excluding hydrogens is 428 g/mol. The maximum Gasteiger partial charge on any atom is 0.254 e. The van der Waals surface area contributed by atoms with Gasteiger partial charge in [0.2, 0.25) is 5.88 Å². The van der Waals surface area contributed by atoms with Crippen LogP contribution in [0.3, 0.4) is 0 Å². The lowest BCUT2D eigenvalue weighted by Gasteiger charge is -2.32. The lowest BCUT2D eigenvalue weighted by molar-refractivity contribution is 0.0699. The van der Waals surface area contributed by atoms with Crippen molar-refractivity contribution in [3.05, 3.63) is 76.8 Å². The molecule has 2 amide bonds. The highest BCUT2D eigenvalue weighted by Crippen LogP contribution is 2.25. The summed E-state index contributed by atoms with van der Waals surface area (Å²) in [7, 11) is 1.53. The Balaban J connectivity index is 1.41. The first-order valence-electron chi connectivity index (χ1n) is 10.4. The van der Waals surface area contributed by atoms with Crippen LogP contribution in [0.15, 0.2) is 60.7 Å². The molecule has 8 heteroatoms. The summed E-state index contributed by atoms with van der Waals surface area (Å²) in [5, 5.41) is 11.8. The zero-order valence-corrected chi connectivity index (χ0v) is 18.4. The van der Waals surface area contributed by atoms with Crippen molar-refractivity contribution in [3.8, 4) is 17.1 Å². The fourth-order valence-electron chi connectivity index (χ4n) is 3.76. The topological polar surface area (TPSA) is 84.4 Å². The van der Waals surface area contributed by atoms with Crippen molar-refractivity contribution in [1.82, 2.24) is 20.4 Å². The Bertz CT molecular complexity index is 1110. The van der Waals surface area contributed by atoms with Crippen LogP contribution in [-0.4, -0.2) is 53.2 Å². The SMILES string of the molecule is COc1ccc(-c2ccccc2C(=O)N2CCC(NC(=O)c3cccc(Cl)c3)CC2)nn1. The van der Waals surface area contributed by atoms with E-state index in [1.54, 1.807) is 42.5 Å². The molecule has 1 N–H and O–H groups in total. The molecule has 1 saturated heterocycles. The quantitative estimate of drug-likeness (QED) is 0.638. The molecule has 0 atom stereocenters. The number of nitrogens with one attached hydrogen (secondary N) is 1. The highest BCUT2D eigenvalue weighted by atomic mass is 35.5. The summed E-state index contributed by atoms with van der Waals surface area (Å²) in [4.78, 5) is 27.6. The van der Waals surface area contributed by atoms with Gasteiger partial charge in [0.1, 0.15) is 0 Å². The number of halogens is 1. The normalized spacial score (nSPS) is 14.1. The van der Waals surface area contributed by atoms with Gasteiger partial charge in [0.25, 0.3) is 11.8 Å². The molecule has 0 bridgehead atoms. The molecule has 0 aliphatic carbocycles. The first kappa shape index (κ1) is 21.8. The van der Waals surface area contributed by atoms with Crippen molar-refractivity contribution in [2.75, 3.05) is 20.2 Å². The van der Waals surface area contributed by atoms with Crippen LogP contribution in [0.2, 0.25) is 5.02 Å². The third-order valence-corrected chi connectivity index (χ3v) is 5.72. The minimum Gasteiger partial charge on any atom is -0.480 e. The van der Waals surface area contributed by atoms with Crippen molar-refractivity contribution >= 4 is 23.4 Å². The average Bonchev–Trinajstić information content (AvgIpc) is 2.84. The van der Waals surface area contributed by atoms with Crippen LogP contribution in [0.25, 0.3) is 11.3 Å². The van der Waals surface area contributed by atoms with Crippen LogP contribution in [0.5, 0.6) is 5.88 Å². The lowest BCUT2D eigenvalue weighted by Crippen LogP contribution is -2.46. The number of amides is 2. The number of aromatic nitrogens is 2. The van der Waals surface area contributed by atoms with E-state index in [-0.39, 0.29) is 17.9 Å². The molecule has 4 rings (SSSR count). The van der Waals surface area contributed by atoms with Crippen LogP contribution < -0.4 is 10.1 Å². The molecular formula is C24H23ClN4O3. The van der Waals surface area contributed by atoms with Crippen LogP contribution in [0.1, 0.15) is 33.6 Å². The molecule has 0 saturated carbocycles. The molecule has 164 valence electrons. The molecule has 3 aromatic rings. The van der Waals surface area contributed by atoms with Crippen molar-refractivity contribution < 1.29 is 14.3 Å². The van der Waals surface area contributed by atoms with Crippen molar-refractivity contribution in [1.29, 1.82) is 0 Å². The largest absolute Gasteiger partial charge is 0.480 e. The molecule has 2 aromatic carbocycles. The Hall–Kier alpha value is -3.45. The molecule has 2 heterocycles. The zero-order chi connectivity index (χ0) is 22.5. The Morgan fingerprint density at radius 3 is 2.50 bits per heavy atom. The van der Waals surface area contributed by atoms with E-state index >= 15 is 0 Å². The number of likely N-dealkylation sites (tertiary alicyclic amines) is 1. The van der Waals surface area contributed by atoms with Gasteiger partial charge in [-0.2, -0.15) is 0 Å². The van der Waals surface area contributed by atoms with Gasteiger partial charge in [-0.25, -0.2) is 0 Å². The molecule has 1 aromatic heterocycles. The summed E-state index contributed by atoms with van der Waals surface area (Å²) in [6, 6.07) is 17.8. The van der Waals surface area contributed by atoms with Gasteiger partial charge in [-0.15, -0.1) is 10.2 Å². The smallest absolute Gasteiger partial charge is 0.254 e. The first-order valence-corrected chi connectivity index (χ1v) is 10.8. The second kappa shape index (κ2) is 9.78. The average molecular weight is 451 g/mol. The monoisotopic (exact) mass is 450 g/mol. The van der Waals surface area contributed by atoms with Crippen LogP contribution in [0.4, 0.5) is 0 Å². The number of benzene rings is 2. The third-order valence-electron chi connectivity index (χ3n) is 5.49. The third kappa shape index (κ3) is 4.89. The van der Waals surface area contributed by atoms with Gasteiger partial charge >= 0.3 is 0 Å². The maximum absolute atomic E-state index is 13.3. The highest BCUT2D eigenvalue weighted by Gasteiger charge is 2.26. The summed E-state index contributed by atoms with van der Waals surface area (Å²) < 4.78 is 5.06. The van der Waals surface area contributed by atoms with Crippen LogP contribution in [0, 0.1) is 0 Å². The van der Waals surface area contributed by atoms with Crippen molar-refractivity contribution in [3.63, 3.8) is 0 Å². The van der Waals surface area contributed by atoms with E-state index in [4.69, 9.17) is 16.3 Å². The number of ether oxygens (including phenoxy) is 1. The van der Waals surface area contributed by atoms with E-state index in [0.717, 1.165) is 5.56 Å². The Morgan fingerprint density at radius 2 is 1.81 bits per heavy atom. The molecule has 32 heavy (non-hydrogen) atoms. The number of nitrogens with zero attached hydrogens (tertiary/aromatic N) is 3. The van der Waals surface area contributed by atoms with Crippen molar-refractivity contribution in [2.45, 2.75) is 18.9 Å². The highest BCUT2D eigenvalue weighted by molar-refractivity contribution is 6.30. The number of rotatable bonds is 5. The molecule has 0 unspecified atom stereocenters. The number of carbonyl (C=O) groups is 2. The predicted octanol–water partition coefficient (Wildman–Crippen LogP) is 3.84. The summed E-state index contributed by atoms with van der Waals surface area (Å²) in [5.41, 5.74) is 2.45. The minimum atomic E-state index is -0.152. The predicted molar refractivity (Wildman–Crippen MR) is 122 cm³/mol. The van der Waals surface area contributed by atoms with Crippen LogP contribution in [-0.2, 0) is 0 Å². The summed E-state index contributed by atoms with van der Waals surface area (Å²) in [5.74, 6) is 0.206. The molecule has 0 radical (unpaired) electrons. The number of carbonyl (C=O) groups excluding carboxylic acids is 2. The molecule has 1 aliphatic heterocycles. The van der Waals surface area contributed by atoms with Gasteiger partial charge in [-0.05, 0) is 43.2 Å². The van der Waals surface area contributed by atoms with E-state index < -0.39 is 0 Å². The summed E-state index contributed by atoms with van der Waals surface area (Å²) in [6.07, 6.45) is 1.37. The molecule has 1 aliphatic rings.